The van der Waals surface area contributed by atoms with Crippen molar-refractivity contribution < 1.29 is 9.53 Å². The van der Waals surface area contributed by atoms with Crippen LogP contribution in [0.15, 0.2) is 12.2 Å². The van der Waals surface area contributed by atoms with Gasteiger partial charge in [-0.2, -0.15) is 0 Å². The summed E-state index contributed by atoms with van der Waals surface area (Å²) >= 11 is 0. The zero-order valence-corrected chi connectivity index (χ0v) is 15.6. The Morgan fingerprint density at radius 1 is 0.913 bits per heavy atom. The van der Waals surface area contributed by atoms with Gasteiger partial charge in [0.15, 0.2) is 0 Å². The third kappa shape index (κ3) is 8.58. The first kappa shape index (κ1) is 20.3. The van der Waals surface area contributed by atoms with E-state index in [1.807, 2.05) is 0 Å². The number of unbranched alkanes of at least 4 members (excludes halogenated alkanes) is 8. The minimum absolute atomic E-state index is 0.185. The molecule has 0 aromatic carbocycles. The molecule has 0 bridgehead atoms. The van der Waals surface area contributed by atoms with E-state index in [4.69, 9.17) is 4.74 Å². The van der Waals surface area contributed by atoms with Crippen molar-refractivity contribution in [3.8, 4) is 0 Å². The lowest BCUT2D eigenvalue weighted by atomic mass is 9.80. The van der Waals surface area contributed by atoms with Crippen LogP contribution in [0, 0.1) is 0 Å². The van der Waals surface area contributed by atoms with Crippen LogP contribution in [-0.2, 0) is 9.53 Å². The summed E-state index contributed by atoms with van der Waals surface area (Å²) in [5.74, 6) is -0.192. The fourth-order valence-electron chi connectivity index (χ4n) is 3.64. The fraction of sp³-hybridized carbons (Fsp3) is 0.857. The molecule has 1 aliphatic carbocycles. The summed E-state index contributed by atoms with van der Waals surface area (Å²) in [6, 6.07) is 0. The number of rotatable bonds is 12. The first-order chi connectivity index (χ1) is 11.1. The summed E-state index contributed by atoms with van der Waals surface area (Å²) in [6.45, 7) is 7.74. The standard InChI is InChI=1S/C21H38O2/c1-4-5-6-7-8-9-10-11-13-16-21(17-14-12-15-18-21)23-20(22)19(2)3/h2,4-18H2,1,3H3. The minimum atomic E-state index is -0.192. The molecule has 0 aliphatic heterocycles. The Bertz CT molecular complexity index is 340. The Morgan fingerprint density at radius 2 is 1.43 bits per heavy atom. The van der Waals surface area contributed by atoms with Crippen molar-refractivity contribution in [2.75, 3.05) is 0 Å². The first-order valence-electron chi connectivity index (χ1n) is 9.98. The summed E-state index contributed by atoms with van der Waals surface area (Å²) in [4.78, 5) is 12.0. The zero-order valence-electron chi connectivity index (χ0n) is 15.6. The van der Waals surface area contributed by atoms with Crippen LogP contribution in [-0.4, -0.2) is 11.6 Å². The van der Waals surface area contributed by atoms with Crippen LogP contribution in [0.25, 0.3) is 0 Å². The first-order valence-corrected chi connectivity index (χ1v) is 9.98. The molecule has 1 rings (SSSR count). The molecule has 1 fully saturated rings. The third-order valence-corrected chi connectivity index (χ3v) is 5.16. The largest absolute Gasteiger partial charge is 0.456 e. The van der Waals surface area contributed by atoms with Gasteiger partial charge >= 0.3 is 5.97 Å². The maximum Gasteiger partial charge on any atom is 0.333 e. The van der Waals surface area contributed by atoms with Gasteiger partial charge in [-0.1, -0.05) is 71.3 Å². The fourth-order valence-corrected chi connectivity index (χ4v) is 3.64. The van der Waals surface area contributed by atoms with Crippen LogP contribution in [0.2, 0.25) is 0 Å². The van der Waals surface area contributed by atoms with Gasteiger partial charge in [-0.25, -0.2) is 4.79 Å². The number of esters is 1. The van der Waals surface area contributed by atoms with Crippen molar-refractivity contribution >= 4 is 5.97 Å². The van der Waals surface area contributed by atoms with E-state index in [9.17, 15) is 4.79 Å². The number of hydrogen-bond acceptors (Lipinski definition) is 2. The summed E-state index contributed by atoms with van der Waals surface area (Å²) in [5.41, 5.74) is 0.345. The van der Waals surface area contributed by atoms with Gasteiger partial charge in [0.1, 0.15) is 5.60 Å². The summed E-state index contributed by atoms with van der Waals surface area (Å²) < 4.78 is 5.87. The topological polar surface area (TPSA) is 26.3 Å². The minimum Gasteiger partial charge on any atom is -0.456 e. The predicted octanol–water partition coefficient (Wildman–Crippen LogP) is 6.73. The Balaban J connectivity index is 2.21. The van der Waals surface area contributed by atoms with Crippen LogP contribution in [0.5, 0.6) is 0 Å². The van der Waals surface area contributed by atoms with Gasteiger partial charge in [0.05, 0.1) is 0 Å². The van der Waals surface area contributed by atoms with Crippen molar-refractivity contribution in [1.82, 2.24) is 0 Å². The molecule has 1 saturated carbocycles. The predicted molar refractivity (Wildman–Crippen MR) is 98.6 cm³/mol. The number of ether oxygens (including phenoxy) is 1. The summed E-state index contributed by atoms with van der Waals surface area (Å²) in [5, 5.41) is 0. The van der Waals surface area contributed by atoms with Crippen LogP contribution in [0.1, 0.15) is 110 Å². The molecule has 23 heavy (non-hydrogen) atoms. The van der Waals surface area contributed by atoms with E-state index >= 15 is 0 Å². The monoisotopic (exact) mass is 322 g/mol. The normalized spacial score (nSPS) is 17.0. The van der Waals surface area contributed by atoms with Crippen LogP contribution in [0.3, 0.4) is 0 Å². The highest BCUT2D eigenvalue weighted by Crippen LogP contribution is 2.36. The zero-order chi connectivity index (χ0) is 17.0. The molecule has 2 nitrogen and oxygen atoms in total. The Kier molecular flexibility index (Phi) is 10.3. The van der Waals surface area contributed by atoms with E-state index in [0.29, 0.717) is 5.57 Å². The van der Waals surface area contributed by atoms with Crippen molar-refractivity contribution in [3.63, 3.8) is 0 Å². The van der Waals surface area contributed by atoms with Gasteiger partial charge in [-0.3, -0.25) is 0 Å². The van der Waals surface area contributed by atoms with Crippen LogP contribution in [0.4, 0.5) is 0 Å². The summed E-state index contributed by atoms with van der Waals surface area (Å²) in [6.07, 6.45) is 18.9. The molecule has 1 aliphatic rings. The molecule has 0 unspecified atom stereocenters. The van der Waals surface area contributed by atoms with Crippen molar-refractivity contribution in [3.05, 3.63) is 12.2 Å². The highest BCUT2D eigenvalue weighted by molar-refractivity contribution is 5.87. The summed E-state index contributed by atoms with van der Waals surface area (Å²) in [7, 11) is 0. The van der Waals surface area contributed by atoms with Gasteiger partial charge in [0.25, 0.3) is 0 Å². The lowest BCUT2D eigenvalue weighted by Crippen LogP contribution is -2.37. The SMILES string of the molecule is C=C(C)C(=O)OC1(CCCCCCCCCCC)CCCCC1. The maximum absolute atomic E-state index is 12.0. The second-order valence-corrected chi connectivity index (χ2v) is 7.49. The third-order valence-electron chi connectivity index (χ3n) is 5.16. The number of carbonyl (C=O) groups excluding carboxylic acids is 1. The quantitative estimate of drug-likeness (QED) is 0.226. The maximum atomic E-state index is 12.0. The second-order valence-electron chi connectivity index (χ2n) is 7.49. The highest BCUT2D eigenvalue weighted by atomic mass is 16.6. The Labute approximate surface area is 144 Å². The van der Waals surface area contributed by atoms with Crippen molar-refractivity contribution in [2.45, 2.75) is 116 Å². The van der Waals surface area contributed by atoms with Crippen molar-refractivity contribution in [2.24, 2.45) is 0 Å². The highest BCUT2D eigenvalue weighted by Gasteiger charge is 2.35. The van der Waals surface area contributed by atoms with Gasteiger partial charge in [0, 0.05) is 5.57 Å². The molecule has 0 amide bonds. The van der Waals surface area contributed by atoms with Crippen LogP contribution >= 0.6 is 0 Å². The molecule has 134 valence electrons. The lowest BCUT2D eigenvalue weighted by molar-refractivity contribution is -0.159. The van der Waals surface area contributed by atoms with Gasteiger partial charge in [-0.05, 0) is 45.4 Å². The molecule has 0 N–H and O–H groups in total. The lowest BCUT2D eigenvalue weighted by Gasteiger charge is -2.37. The molecular weight excluding hydrogens is 284 g/mol. The van der Waals surface area contributed by atoms with Crippen molar-refractivity contribution in [1.29, 1.82) is 0 Å². The second kappa shape index (κ2) is 11.7. The molecule has 0 heterocycles. The molecule has 2 heteroatoms. The average Bonchev–Trinajstić information content (AvgIpc) is 2.54. The van der Waals surface area contributed by atoms with E-state index in [0.717, 1.165) is 19.3 Å². The molecular formula is C21H38O2. The van der Waals surface area contributed by atoms with E-state index in [1.54, 1.807) is 6.92 Å². The molecule has 0 aromatic rings. The molecule has 0 radical (unpaired) electrons. The number of hydrogen-bond donors (Lipinski definition) is 0. The van der Waals surface area contributed by atoms with Gasteiger partial charge < -0.3 is 4.74 Å². The van der Waals surface area contributed by atoms with E-state index in [-0.39, 0.29) is 11.6 Å². The van der Waals surface area contributed by atoms with Gasteiger partial charge in [0.2, 0.25) is 0 Å². The van der Waals surface area contributed by atoms with Crippen LogP contribution < -0.4 is 0 Å². The van der Waals surface area contributed by atoms with E-state index < -0.39 is 0 Å². The van der Waals surface area contributed by atoms with E-state index in [2.05, 4.69) is 13.5 Å². The molecule has 0 spiro atoms. The van der Waals surface area contributed by atoms with Gasteiger partial charge in [-0.15, -0.1) is 0 Å². The molecule has 0 saturated heterocycles. The number of carbonyl (C=O) groups is 1. The smallest absolute Gasteiger partial charge is 0.333 e. The Morgan fingerprint density at radius 3 is 1.96 bits per heavy atom. The average molecular weight is 323 g/mol. The molecule has 0 atom stereocenters. The van der Waals surface area contributed by atoms with E-state index in [1.165, 1.54) is 77.0 Å². The Hall–Kier alpha value is -0.790. The molecule has 0 aromatic heterocycles.